The molecule has 0 saturated carbocycles. The van der Waals surface area contributed by atoms with Crippen molar-refractivity contribution in [3.05, 3.63) is 48.0 Å². The number of amides is 3. The number of urea groups is 1. The first kappa shape index (κ1) is 18.9. The quantitative estimate of drug-likeness (QED) is 0.895. The summed E-state index contributed by atoms with van der Waals surface area (Å²) in [7, 11) is 1.79. The van der Waals surface area contributed by atoms with Crippen molar-refractivity contribution in [3.8, 4) is 11.3 Å². The first-order valence-corrected chi connectivity index (χ1v) is 9.04. The zero-order valence-electron chi connectivity index (χ0n) is 15.6. The fourth-order valence-electron chi connectivity index (χ4n) is 3.28. The Morgan fingerprint density at radius 3 is 2.63 bits per heavy atom. The highest BCUT2D eigenvalue weighted by molar-refractivity contribution is 5.75. The number of hydrogen-bond donors (Lipinski definition) is 1. The van der Waals surface area contributed by atoms with Crippen LogP contribution in [-0.4, -0.2) is 47.9 Å². The van der Waals surface area contributed by atoms with Gasteiger partial charge in [-0.25, -0.2) is 9.18 Å². The topological polar surface area (TPSA) is 65.8 Å². The molecule has 7 heteroatoms. The fraction of sp³-hybridized carbons (Fsp3) is 0.400. The summed E-state index contributed by atoms with van der Waals surface area (Å²) in [5.74, 6) is 0.250. The molecule has 2 heterocycles. The van der Waals surface area contributed by atoms with Crippen LogP contribution >= 0.6 is 0 Å². The van der Waals surface area contributed by atoms with Gasteiger partial charge in [-0.2, -0.15) is 0 Å². The highest BCUT2D eigenvalue weighted by Crippen LogP contribution is 2.22. The Kier molecular flexibility index (Phi) is 5.78. The number of likely N-dealkylation sites (tertiary alicyclic amines) is 1. The largest absolute Gasteiger partial charge is 0.464 e. The standard InChI is InChI=1S/C20H24FN3O3/c1-14(25)23(2)17-7-9-24(10-8-17)20(26)22-13-16-6-5-15(12-18(16)21)19-4-3-11-27-19/h3-6,11-12,17H,7-10,13H2,1-2H3,(H,22,26). The third kappa shape index (κ3) is 4.48. The maximum Gasteiger partial charge on any atom is 0.317 e. The molecule has 1 aliphatic heterocycles. The molecule has 0 unspecified atom stereocenters. The third-order valence-corrected chi connectivity index (χ3v) is 5.08. The number of nitrogens with one attached hydrogen (secondary N) is 1. The Morgan fingerprint density at radius 1 is 1.30 bits per heavy atom. The van der Waals surface area contributed by atoms with E-state index in [0.29, 0.717) is 30.0 Å². The first-order valence-electron chi connectivity index (χ1n) is 9.04. The van der Waals surface area contributed by atoms with E-state index in [0.717, 1.165) is 12.8 Å². The Bertz CT molecular complexity index is 799. The van der Waals surface area contributed by atoms with E-state index in [1.54, 1.807) is 54.3 Å². The van der Waals surface area contributed by atoms with Gasteiger partial charge >= 0.3 is 6.03 Å². The predicted molar refractivity (Wildman–Crippen MR) is 99.4 cm³/mol. The Morgan fingerprint density at radius 2 is 2.04 bits per heavy atom. The van der Waals surface area contributed by atoms with Crippen molar-refractivity contribution in [2.45, 2.75) is 32.4 Å². The van der Waals surface area contributed by atoms with Crippen LogP contribution in [0.5, 0.6) is 0 Å². The Balaban J connectivity index is 1.52. The number of hydrogen-bond acceptors (Lipinski definition) is 3. The number of furan rings is 1. The average Bonchev–Trinajstić information content (AvgIpc) is 3.21. The van der Waals surface area contributed by atoms with Crippen LogP contribution in [0.25, 0.3) is 11.3 Å². The zero-order valence-corrected chi connectivity index (χ0v) is 15.6. The van der Waals surface area contributed by atoms with Gasteiger partial charge < -0.3 is 19.5 Å². The van der Waals surface area contributed by atoms with Gasteiger partial charge in [0.1, 0.15) is 11.6 Å². The molecule has 0 spiro atoms. The monoisotopic (exact) mass is 373 g/mol. The number of piperidine rings is 1. The molecule has 3 rings (SSSR count). The predicted octanol–water partition coefficient (Wildman–Crippen LogP) is 3.24. The van der Waals surface area contributed by atoms with E-state index in [2.05, 4.69) is 5.32 Å². The maximum atomic E-state index is 14.3. The molecule has 144 valence electrons. The number of halogens is 1. The molecule has 1 fully saturated rings. The van der Waals surface area contributed by atoms with Crippen LogP contribution in [-0.2, 0) is 11.3 Å². The molecule has 1 aromatic heterocycles. The second-order valence-corrected chi connectivity index (χ2v) is 6.79. The summed E-state index contributed by atoms with van der Waals surface area (Å²) in [4.78, 5) is 27.2. The van der Waals surface area contributed by atoms with Crippen LogP contribution in [0.2, 0.25) is 0 Å². The minimum atomic E-state index is -0.383. The lowest BCUT2D eigenvalue weighted by molar-refractivity contribution is -0.130. The molecular formula is C20H24FN3O3. The molecule has 0 aliphatic carbocycles. The zero-order chi connectivity index (χ0) is 19.4. The van der Waals surface area contributed by atoms with E-state index in [-0.39, 0.29) is 30.3 Å². The molecule has 0 radical (unpaired) electrons. The molecule has 1 aliphatic rings. The van der Waals surface area contributed by atoms with Crippen molar-refractivity contribution < 1.29 is 18.4 Å². The minimum absolute atomic E-state index is 0.0337. The second kappa shape index (κ2) is 8.24. The van der Waals surface area contributed by atoms with E-state index < -0.39 is 0 Å². The van der Waals surface area contributed by atoms with Crippen LogP contribution in [0.4, 0.5) is 9.18 Å². The van der Waals surface area contributed by atoms with Gasteiger partial charge in [0.2, 0.25) is 5.91 Å². The number of nitrogens with zero attached hydrogens (tertiary/aromatic N) is 2. The number of benzene rings is 1. The number of carbonyl (C=O) groups is 2. The van der Waals surface area contributed by atoms with E-state index in [4.69, 9.17) is 4.42 Å². The van der Waals surface area contributed by atoms with Crippen molar-refractivity contribution in [2.75, 3.05) is 20.1 Å². The molecule has 0 bridgehead atoms. The summed E-state index contributed by atoms with van der Waals surface area (Å²) in [6.07, 6.45) is 3.03. The fourth-order valence-corrected chi connectivity index (χ4v) is 3.28. The number of carbonyl (C=O) groups excluding carboxylic acids is 2. The highest BCUT2D eigenvalue weighted by Gasteiger charge is 2.26. The van der Waals surface area contributed by atoms with Crippen molar-refractivity contribution in [1.29, 1.82) is 0 Å². The molecule has 3 amide bonds. The smallest absolute Gasteiger partial charge is 0.317 e. The molecule has 0 atom stereocenters. The van der Waals surface area contributed by atoms with E-state index in [9.17, 15) is 14.0 Å². The van der Waals surface area contributed by atoms with Crippen LogP contribution in [0.3, 0.4) is 0 Å². The second-order valence-electron chi connectivity index (χ2n) is 6.79. The number of rotatable bonds is 4. The SMILES string of the molecule is CC(=O)N(C)C1CCN(C(=O)NCc2ccc(-c3ccco3)cc2F)CC1. The molecule has 1 saturated heterocycles. The Labute approximate surface area is 157 Å². The van der Waals surface area contributed by atoms with Crippen LogP contribution in [0, 0.1) is 5.82 Å². The molecule has 27 heavy (non-hydrogen) atoms. The lowest BCUT2D eigenvalue weighted by Gasteiger charge is -2.36. The van der Waals surface area contributed by atoms with E-state index >= 15 is 0 Å². The molecular weight excluding hydrogens is 349 g/mol. The van der Waals surface area contributed by atoms with Gasteiger partial charge in [0.05, 0.1) is 6.26 Å². The van der Waals surface area contributed by atoms with Gasteiger partial charge in [0.15, 0.2) is 0 Å². The van der Waals surface area contributed by atoms with Gasteiger partial charge in [0, 0.05) is 50.8 Å². The summed E-state index contributed by atoms with van der Waals surface area (Å²) < 4.78 is 19.6. The van der Waals surface area contributed by atoms with Gasteiger partial charge in [-0.1, -0.05) is 12.1 Å². The van der Waals surface area contributed by atoms with Gasteiger partial charge in [-0.3, -0.25) is 4.79 Å². The van der Waals surface area contributed by atoms with Crippen molar-refractivity contribution in [3.63, 3.8) is 0 Å². The summed E-state index contributed by atoms with van der Waals surface area (Å²) >= 11 is 0. The average molecular weight is 373 g/mol. The lowest BCUT2D eigenvalue weighted by Crippen LogP contribution is -2.49. The van der Waals surface area contributed by atoms with Gasteiger partial charge in [-0.15, -0.1) is 0 Å². The third-order valence-electron chi connectivity index (χ3n) is 5.08. The molecule has 1 N–H and O–H groups in total. The van der Waals surface area contributed by atoms with Crippen LogP contribution in [0.15, 0.2) is 41.0 Å². The first-order chi connectivity index (χ1) is 13.0. The van der Waals surface area contributed by atoms with Crippen molar-refractivity contribution in [1.82, 2.24) is 15.1 Å². The summed E-state index contributed by atoms with van der Waals surface area (Å²) in [5.41, 5.74) is 1.08. The lowest BCUT2D eigenvalue weighted by atomic mass is 10.0. The van der Waals surface area contributed by atoms with E-state index in [1.165, 1.54) is 6.07 Å². The van der Waals surface area contributed by atoms with Crippen LogP contribution < -0.4 is 5.32 Å². The highest BCUT2D eigenvalue weighted by atomic mass is 19.1. The van der Waals surface area contributed by atoms with Gasteiger partial charge in [0.25, 0.3) is 0 Å². The normalized spacial score (nSPS) is 14.9. The summed E-state index contributed by atoms with van der Waals surface area (Å²) in [5, 5.41) is 2.77. The molecule has 2 aromatic rings. The maximum absolute atomic E-state index is 14.3. The van der Waals surface area contributed by atoms with Crippen molar-refractivity contribution >= 4 is 11.9 Å². The Hall–Kier alpha value is -2.83. The van der Waals surface area contributed by atoms with Gasteiger partial charge in [-0.05, 0) is 31.0 Å². The minimum Gasteiger partial charge on any atom is -0.464 e. The molecule has 6 nitrogen and oxygen atoms in total. The summed E-state index contributed by atoms with van der Waals surface area (Å²) in [6.45, 7) is 2.82. The van der Waals surface area contributed by atoms with Crippen LogP contribution in [0.1, 0.15) is 25.3 Å². The van der Waals surface area contributed by atoms with Crippen molar-refractivity contribution in [2.24, 2.45) is 0 Å². The molecule has 1 aromatic carbocycles. The summed E-state index contributed by atoms with van der Waals surface area (Å²) in [6, 6.07) is 8.30. The van der Waals surface area contributed by atoms with E-state index in [1.807, 2.05) is 0 Å².